The second-order valence-corrected chi connectivity index (χ2v) is 7.12. The van der Waals surface area contributed by atoms with E-state index >= 15 is 0 Å². The number of amides is 1. The minimum Gasteiger partial charge on any atom is -0.481 e. The molecule has 0 aliphatic rings. The van der Waals surface area contributed by atoms with Crippen molar-refractivity contribution < 1.29 is 9.53 Å². The topological polar surface area (TPSA) is 51.2 Å². The Bertz CT molecular complexity index is 907. The molecule has 0 radical (unpaired) electrons. The molecule has 0 saturated carbocycles. The summed E-state index contributed by atoms with van der Waals surface area (Å²) in [5, 5.41) is 4.03. The number of aryl methyl sites for hydroxylation is 2. The second kappa shape index (κ2) is 6.79. The number of thiazole rings is 1. The summed E-state index contributed by atoms with van der Waals surface area (Å²) in [7, 11) is 0. The number of nitrogens with one attached hydrogen (secondary N) is 1. The standard InChI is InChI=1S/C18H17ClN2O2S/c1-10-4-6-14-16(8-10)24-18(20-14)21-17(22)12(3)23-15-7-5-13(19)9-11(15)2/h4-9,12H,1-3H3,(H,20,21,22)/t12-/m1/s1. The van der Waals surface area contributed by atoms with E-state index in [2.05, 4.69) is 16.4 Å². The lowest BCUT2D eigenvalue weighted by Gasteiger charge is -2.15. The minimum atomic E-state index is -0.640. The number of rotatable bonds is 4. The molecule has 1 aromatic heterocycles. The molecule has 0 unspecified atom stereocenters. The molecule has 6 heteroatoms. The molecule has 1 N–H and O–H groups in total. The summed E-state index contributed by atoms with van der Waals surface area (Å²) in [6.45, 7) is 5.63. The zero-order valence-corrected chi connectivity index (χ0v) is 15.2. The molecule has 1 heterocycles. The van der Waals surface area contributed by atoms with Crippen LogP contribution in [0.5, 0.6) is 5.75 Å². The van der Waals surface area contributed by atoms with Crippen molar-refractivity contribution >= 4 is 44.2 Å². The lowest BCUT2D eigenvalue weighted by Crippen LogP contribution is -2.30. The highest BCUT2D eigenvalue weighted by molar-refractivity contribution is 7.22. The Labute approximate surface area is 149 Å². The van der Waals surface area contributed by atoms with Gasteiger partial charge in [0.2, 0.25) is 0 Å². The quantitative estimate of drug-likeness (QED) is 0.714. The molecule has 1 atom stereocenters. The molecule has 0 aliphatic heterocycles. The molecule has 0 spiro atoms. The molecule has 124 valence electrons. The zero-order valence-electron chi connectivity index (χ0n) is 13.6. The first-order chi connectivity index (χ1) is 11.4. The summed E-state index contributed by atoms with van der Waals surface area (Å²) >= 11 is 7.38. The molecular weight excluding hydrogens is 344 g/mol. The number of ether oxygens (including phenoxy) is 1. The Hall–Kier alpha value is -2.11. The Morgan fingerprint density at radius 1 is 1.25 bits per heavy atom. The summed E-state index contributed by atoms with van der Waals surface area (Å²) in [6, 6.07) is 11.3. The first kappa shape index (κ1) is 16.7. The SMILES string of the molecule is Cc1ccc2nc(NC(=O)[C@@H](C)Oc3ccc(Cl)cc3C)sc2c1. The van der Waals surface area contributed by atoms with Crippen molar-refractivity contribution in [1.82, 2.24) is 4.98 Å². The van der Waals surface area contributed by atoms with E-state index in [0.717, 1.165) is 15.8 Å². The average molecular weight is 361 g/mol. The second-order valence-electron chi connectivity index (χ2n) is 5.65. The largest absolute Gasteiger partial charge is 0.481 e. The van der Waals surface area contributed by atoms with Gasteiger partial charge in [-0.2, -0.15) is 0 Å². The lowest BCUT2D eigenvalue weighted by molar-refractivity contribution is -0.122. The first-order valence-electron chi connectivity index (χ1n) is 7.53. The van der Waals surface area contributed by atoms with Crippen LogP contribution in [-0.2, 0) is 4.79 Å². The molecule has 0 aliphatic carbocycles. The van der Waals surface area contributed by atoms with Gasteiger partial charge in [-0.25, -0.2) is 4.98 Å². The third-order valence-corrected chi connectivity index (χ3v) is 4.75. The molecule has 2 aromatic carbocycles. The molecule has 4 nitrogen and oxygen atoms in total. The van der Waals surface area contributed by atoms with Crippen LogP contribution in [-0.4, -0.2) is 17.0 Å². The van der Waals surface area contributed by atoms with Crippen molar-refractivity contribution in [3.8, 4) is 5.75 Å². The highest BCUT2D eigenvalue weighted by Crippen LogP contribution is 2.27. The van der Waals surface area contributed by atoms with Gasteiger partial charge < -0.3 is 4.74 Å². The van der Waals surface area contributed by atoms with Crippen molar-refractivity contribution in [1.29, 1.82) is 0 Å². The highest BCUT2D eigenvalue weighted by Gasteiger charge is 2.17. The van der Waals surface area contributed by atoms with Crippen molar-refractivity contribution in [2.24, 2.45) is 0 Å². The fourth-order valence-electron chi connectivity index (χ4n) is 2.28. The summed E-state index contributed by atoms with van der Waals surface area (Å²) in [5.41, 5.74) is 2.93. The maximum Gasteiger partial charge on any atom is 0.266 e. The van der Waals surface area contributed by atoms with E-state index in [1.165, 1.54) is 16.9 Å². The number of nitrogens with zero attached hydrogens (tertiary/aromatic N) is 1. The van der Waals surface area contributed by atoms with Crippen molar-refractivity contribution in [2.45, 2.75) is 26.9 Å². The van der Waals surface area contributed by atoms with Crippen LogP contribution in [0.3, 0.4) is 0 Å². The van der Waals surface area contributed by atoms with Crippen LogP contribution in [0.15, 0.2) is 36.4 Å². The number of hydrogen-bond acceptors (Lipinski definition) is 4. The van der Waals surface area contributed by atoms with Gasteiger partial charge in [0.05, 0.1) is 10.2 Å². The molecule has 0 fully saturated rings. The van der Waals surface area contributed by atoms with Crippen LogP contribution >= 0.6 is 22.9 Å². The minimum absolute atomic E-state index is 0.236. The molecule has 0 saturated heterocycles. The van der Waals surface area contributed by atoms with E-state index in [1.54, 1.807) is 25.1 Å². The number of halogens is 1. The van der Waals surface area contributed by atoms with Crippen molar-refractivity contribution in [2.75, 3.05) is 5.32 Å². The van der Waals surface area contributed by atoms with Crippen LogP contribution in [0.25, 0.3) is 10.2 Å². The third kappa shape index (κ3) is 3.68. The van der Waals surface area contributed by atoms with E-state index in [9.17, 15) is 4.79 Å². The first-order valence-corrected chi connectivity index (χ1v) is 8.72. The highest BCUT2D eigenvalue weighted by atomic mass is 35.5. The lowest BCUT2D eigenvalue weighted by atomic mass is 10.2. The smallest absolute Gasteiger partial charge is 0.266 e. The van der Waals surface area contributed by atoms with Crippen LogP contribution in [0.2, 0.25) is 5.02 Å². The summed E-state index contributed by atoms with van der Waals surface area (Å²) in [5.74, 6) is 0.405. The number of benzene rings is 2. The van der Waals surface area contributed by atoms with E-state index in [1.807, 2.05) is 26.0 Å². The fraction of sp³-hybridized carbons (Fsp3) is 0.222. The van der Waals surface area contributed by atoms with Crippen LogP contribution in [0.1, 0.15) is 18.1 Å². The van der Waals surface area contributed by atoms with Gasteiger partial charge in [0.1, 0.15) is 5.75 Å². The number of hydrogen-bond donors (Lipinski definition) is 1. The van der Waals surface area contributed by atoms with Gasteiger partial charge in [-0.05, 0) is 62.2 Å². The maximum absolute atomic E-state index is 12.3. The number of carbonyl (C=O) groups is 1. The van der Waals surface area contributed by atoms with Crippen LogP contribution in [0.4, 0.5) is 5.13 Å². The van der Waals surface area contributed by atoms with Gasteiger partial charge in [-0.15, -0.1) is 0 Å². The third-order valence-electron chi connectivity index (χ3n) is 3.58. The summed E-state index contributed by atoms with van der Waals surface area (Å²) in [6.07, 6.45) is -0.640. The van der Waals surface area contributed by atoms with E-state index in [0.29, 0.717) is 15.9 Å². The van der Waals surface area contributed by atoms with Gasteiger partial charge in [0, 0.05) is 5.02 Å². The Balaban J connectivity index is 1.70. The summed E-state index contributed by atoms with van der Waals surface area (Å²) in [4.78, 5) is 16.8. The fourth-order valence-corrected chi connectivity index (χ4v) is 3.47. The summed E-state index contributed by atoms with van der Waals surface area (Å²) < 4.78 is 6.78. The van der Waals surface area contributed by atoms with Crippen LogP contribution < -0.4 is 10.1 Å². The molecular formula is C18H17ClN2O2S. The Morgan fingerprint density at radius 3 is 2.79 bits per heavy atom. The molecule has 3 aromatic rings. The molecule has 0 bridgehead atoms. The van der Waals surface area contributed by atoms with E-state index in [-0.39, 0.29) is 5.91 Å². The number of aromatic nitrogens is 1. The predicted octanol–water partition coefficient (Wildman–Crippen LogP) is 4.97. The molecule has 3 rings (SSSR count). The number of fused-ring (bicyclic) bond motifs is 1. The van der Waals surface area contributed by atoms with Gasteiger partial charge in [0.15, 0.2) is 11.2 Å². The van der Waals surface area contributed by atoms with Gasteiger partial charge in [0.25, 0.3) is 5.91 Å². The Morgan fingerprint density at radius 2 is 2.04 bits per heavy atom. The van der Waals surface area contributed by atoms with E-state index < -0.39 is 6.10 Å². The average Bonchev–Trinajstić information content (AvgIpc) is 2.91. The monoisotopic (exact) mass is 360 g/mol. The number of anilines is 1. The van der Waals surface area contributed by atoms with Gasteiger partial charge in [-0.1, -0.05) is 29.0 Å². The Kier molecular flexibility index (Phi) is 4.73. The van der Waals surface area contributed by atoms with Crippen LogP contribution in [0, 0.1) is 13.8 Å². The van der Waals surface area contributed by atoms with Gasteiger partial charge in [-0.3, -0.25) is 10.1 Å². The normalized spacial score (nSPS) is 12.2. The maximum atomic E-state index is 12.3. The molecule has 24 heavy (non-hydrogen) atoms. The van der Waals surface area contributed by atoms with Gasteiger partial charge >= 0.3 is 0 Å². The zero-order chi connectivity index (χ0) is 17.3. The van der Waals surface area contributed by atoms with E-state index in [4.69, 9.17) is 16.3 Å². The van der Waals surface area contributed by atoms with Crippen molar-refractivity contribution in [3.05, 3.63) is 52.5 Å². The molecule has 1 amide bonds. The van der Waals surface area contributed by atoms with Crippen molar-refractivity contribution in [3.63, 3.8) is 0 Å². The number of carbonyl (C=O) groups excluding carboxylic acids is 1. The predicted molar refractivity (Wildman–Crippen MR) is 99.3 cm³/mol.